The van der Waals surface area contributed by atoms with Crippen molar-refractivity contribution in [1.82, 2.24) is 14.6 Å². The molecule has 0 aliphatic carbocycles. The van der Waals surface area contributed by atoms with Crippen LogP contribution >= 0.6 is 0 Å². The Morgan fingerprint density at radius 2 is 1.85 bits per heavy atom. The lowest BCUT2D eigenvalue weighted by molar-refractivity contribution is -0.135. The lowest BCUT2D eigenvalue weighted by Gasteiger charge is -2.35. The molecule has 6 nitrogen and oxygen atoms in total. The van der Waals surface area contributed by atoms with Crippen molar-refractivity contribution in [2.75, 3.05) is 13.1 Å². The minimum atomic E-state index is -3.70. The predicted molar refractivity (Wildman–Crippen MR) is 99.8 cm³/mol. The predicted octanol–water partition coefficient (Wildman–Crippen LogP) is 2.03. The standard InChI is InChI=1S/C19H22FN3O3S/c20-19(18(24)22-13-16-7-10-21-11-8-16)9-4-12-23(15-19)27(25,26)14-17-5-2-1-3-6-17/h1-3,5-8,10-11H,4,9,12-15H2,(H,22,24). The Morgan fingerprint density at radius 1 is 1.15 bits per heavy atom. The van der Waals surface area contributed by atoms with E-state index in [2.05, 4.69) is 10.3 Å². The van der Waals surface area contributed by atoms with Gasteiger partial charge in [-0.2, -0.15) is 4.31 Å². The molecule has 1 aliphatic heterocycles. The molecular formula is C19H22FN3O3S. The van der Waals surface area contributed by atoms with Crippen LogP contribution in [0.5, 0.6) is 0 Å². The average molecular weight is 391 g/mol. The maximum atomic E-state index is 15.3. The molecule has 0 bridgehead atoms. The summed E-state index contributed by atoms with van der Waals surface area (Å²) < 4.78 is 41.7. The van der Waals surface area contributed by atoms with Crippen molar-refractivity contribution in [3.63, 3.8) is 0 Å². The van der Waals surface area contributed by atoms with Crippen LogP contribution in [-0.4, -0.2) is 42.4 Å². The van der Waals surface area contributed by atoms with Gasteiger partial charge in [-0.1, -0.05) is 30.3 Å². The number of rotatable bonds is 6. The molecule has 27 heavy (non-hydrogen) atoms. The van der Waals surface area contributed by atoms with E-state index in [4.69, 9.17) is 0 Å². The van der Waals surface area contributed by atoms with Gasteiger partial charge in [0, 0.05) is 25.5 Å². The summed E-state index contributed by atoms with van der Waals surface area (Å²) in [6.07, 6.45) is 3.48. The number of carbonyl (C=O) groups is 1. The molecule has 3 rings (SSSR count). The second-order valence-corrected chi connectivity index (χ2v) is 8.65. The summed E-state index contributed by atoms with van der Waals surface area (Å²) in [5, 5.41) is 2.57. The molecule has 1 amide bonds. The first-order valence-corrected chi connectivity index (χ1v) is 10.4. The van der Waals surface area contributed by atoms with Crippen LogP contribution in [0.2, 0.25) is 0 Å². The number of carbonyl (C=O) groups excluding carboxylic acids is 1. The van der Waals surface area contributed by atoms with Crippen molar-refractivity contribution in [3.8, 4) is 0 Å². The lowest BCUT2D eigenvalue weighted by Crippen LogP contribution is -2.55. The Bertz CT molecular complexity index is 878. The molecule has 1 aromatic carbocycles. The van der Waals surface area contributed by atoms with Crippen molar-refractivity contribution in [1.29, 1.82) is 0 Å². The summed E-state index contributed by atoms with van der Waals surface area (Å²) >= 11 is 0. The Hall–Kier alpha value is -2.32. The van der Waals surface area contributed by atoms with Crippen LogP contribution in [0.15, 0.2) is 54.9 Å². The topological polar surface area (TPSA) is 79.4 Å². The Balaban J connectivity index is 1.65. The molecule has 1 fully saturated rings. The summed E-state index contributed by atoms with van der Waals surface area (Å²) in [6, 6.07) is 12.2. The summed E-state index contributed by atoms with van der Waals surface area (Å²) in [4.78, 5) is 16.3. The number of aromatic nitrogens is 1. The van der Waals surface area contributed by atoms with E-state index in [-0.39, 0.29) is 25.3 Å². The third-order valence-electron chi connectivity index (χ3n) is 4.60. The highest BCUT2D eigenvalue weighted by molar-refractivity contribution is 7.88. The van der Waals surface area contributed by atoms with Crippen LogP contribution in [-0.2, 0) is 27.1 Å². The molecule has 0 spiro atoms. The zero-order chi connectivity index (χ0) is 19.3. The summed E-state index contributed by atoms with van der Waals surface area (Å²) in [5.74, 6) is -0.985. The third kappa shape index (κ3) is 4.90. The Morgan fingerprint density at radius 3 is 2.56 bits per heavy atom. The van der Waals surface area contributed by atoms with E-state index in [1.165, 1.54) is 0 Å². The van der Waals surface area contributed by atoms with Gasteiger partial charge in [0.2, 0.25) is 15.7 Å². The number of hydrogen-bond donors (Lipinski definition) is 1. The molecule has 0 radical (unpaired) electrons. The van der Waals surface area contributed by atoms with E-state index in [0.717, 1.165) is 9.87 Å². The number of pyridine rings is 1. The molecule has 1 unspecified atom stereocenters. The van der Waals surface area contributed by atoms with Crippen molar-refractivity contribution < 1.29 is 17.6 Å². The molecule has 144 valence electrons. The zero-order valence-corrected chi connectivity index (χ0v) is 15.7. The number of hydrogen-bond acceptors (Lipinski definition) is 4. The van der Waals surface area contributed by atoms with Gasteiger partial charge in [-0.05, 0) is 36.1 Å². The van der Waals surface area contributed by atoms with Gasteiger partial charge in [-0.15, -0.1) is 0 Å². The minimum Gasteiger partial charge on any atom is -0.349 e. The summed E-state index contributed by atoms with van der Waals surface area (Å²) in [6.45, 7) is -0.0629. The molecule has 1 atom stereocenters. The largest absolute Gasteiger partial charge is 0.349 e. The number of amides is 1. The molecule has 2 aromatic rings. The Labute approximate surface area is 158 Å². The third-order valence-corrected chi connectivity index (χ3v) is 6.40. The van der Waals surface area contributed by atoms with Crippen molar-refractivity contribution in [3.05, 3.63) is 66.0 Å². The second kappa shape index (κ2) is 8.14. The monoisotopic (exact) mass is 391 g/mol. The van der Waals surface area contributed by atoms with Crippen LogP contribution in [0.3, 0.4) is 0 Å². The smallest absolute Gasteiger partial charge is 0.259 e. The first kappa shape index (κ1) is 19.4. The van der Waals surface area contributed by atoms with Gasteiger partial charge >= 0.3 is 0 Å². The summed E-state index contributed by atoms with van der Waals surface area (Å²) in [7, 11) is -3.70. The number of halogens is 1. The molecule has 0 saturated carbocycles. The number of benzene rings is 1. The van der Waals surface area contributed by atoms with E-state index in [1.54, 1.807) is 54.9 Å². The van der Waals surface area contributed by atoms with Crippen LogP contribution in [0.25, 0.3) is 0 Å². The van der Waals surface area contributed by atoms with Gasteiger partial charge in [-0.25, -0.2) is 12.8 Å². The fourth-order valence-corrected chi connectivity index (χ4v) is 4.72. The van der Waals surface area contributed by atoms with Crippen LogP contribution in [0.1, 0.15) is 24.0 Å². The van der Waals surface area contributed by atoms with E-state index in [1.807, 2.05) is 0 Å². The van der Waals surface area contributed by atoms with Crippen LogP contribution in [0, 0.1) is 0 Å². The van der Waals surface area contributed by atoms with E-state index >= 15 is 4.39 Å². The van der Waals surface area contributed by atoms with Gasteiger partial charge in [0.15, 0.2) is 0 Å². The number of alkyl halides is 1. The maximum absolute atomic E-state index is 15.3. The quantitative estimate of drug-likeness (QED) is 0.817. The van der Waals surface area contributed by atoms with Crippen LogP contribution in [0.4, 0.5) is 4.39 Å². The van der Waals surface area contributed by atoms with Crippen LogP contribution < -0.4 is 5.32 Å². The molecule has 1 aromatic heterocycles. The number of nitrogens with one attached hydrogen (secondary N) is 1. The highest BCUT2D eigenvalue weighted by Crippen LogP contribution is 2.28. The molecular weight excluding hydrogens is 369 g/mol. The van der Waals surface area contributed by atoms with Gasteiger partial charge in [0.1, 0.15) is 0 Å². The maximum Gasteiger partial charge on any atom is 0.259 e. The SMILES string of the molecule is O=C(NCc1ccncc1)C1(F)CCCN(S(=O)(=O)Cc2ccccc2)C1. The Kier molecular flexibility index (Phi) is 5.86. The van der Waals surface area contributed by atoms with Crippen molar-refractivity contribution in [2.24, 2.45) is 0 Å². The van der Waals surface area contributed by atoms with E-state index < -0.39 is 28.1 Å². The zero-order valence-electron chi connectivity index (χ0n) is 14.8. The average Bonchev–Trinajstić information content (AvgIpc) is 2.67. The van der Waals surface area contributed by atoms with Gasteiger partial charge in [-0.3, -0.25) is 9.78 Å². The van der Waals surface area contributed by atoms with E-state index in [0.29, 0.717) is 12.0 Å². The first-order chi connectivity index (χ1) is 12.9. The molecule has 2 heterocycles. The van der Waals surface area contributed by atoms with Gasteiger partial charge in [0.25, 0.3) is 5.91 Å². The van der Waals surface area contributed by atoms with Crippen molar-refractivity contribution in [2.45, 2.75) is 30.8 Å². The van der Waals surface area contributed by atoms with Gasteiger partial charge < -0.3 is 5.32 Å². The van der Waals surface area contributed by atoms with Crippen molar-refractivity contribution >= 4 is 15.9 Å². The second-order valence-electron chi connectivity index (χ2n) is 6.68. The summed E-state index contributed by atoms with van der Waals surface area (Å²) in [5.41, 5.74) is -0.796. The first-order valence-electron chi connectivity index (χ1n) is 8.77. The highest BCUT2D eigenvalue weighted by atomic mass is 32.2. The number of nitrogens with zero attached hydrogens (tertiary/aromatic N) is 2. The minimum absolute atomic E-state index is 0.00648. The molecule has 1 N–H and O–H groups in total. The lowest BCUT2D eigenvalue weighted by atomic mass is 9.95. The number of piperidine rings is 1. The number of sulfonamides is 1. The molecule has 1 aliphatic rings. The molecule has 1 saturated heterocycles. The fraction of sp³-hybridized carbons (Fsp3) is 0.368. The van der Waals surface area contributed by atoms with Gasteiger partial charge in [0.05, 0.1) is 12.3 Å². The highest BCUT2D eigenvalue weighted by Gasteiger charge is 2.45. The fourth-order valence-electron chi connectivity index (χ4n) is 3.11. The van der Waals surface area contributed by atoms with E-state index in [9.17, 15) is 13.2 Å². The normalized spacial score (nSPS) is 20.9. The molecule has 8 heteroatoms.